The van der Waals surface area contributed by atoms with Gasteiger partial charge in [-0.2, -0.15) is 5.10 Å². The van der Waals surface area contributed by atoms with Crippen LogP contribution in [0.4, 0.5) is 20.7 Å². The topological polar surface area (TPSA) is 147 Å². The van der Waals surface area contributed by atoms with E-state index in [2.05, 4.69) is 20.9 Å². The van der Waals surface area contributed by atoms with Gasteiger partial charge in [0.05, 0.1) is 23.0 Å². The van der Waals surface area contributed by atoms with E-state index in [0.717, 1.165) is 11.6 Å². The third-order valence-corrected chi connectivity index (χ3v) is 6.45. The average molecular weight is 589 g/mol. The number of carboxylic acids is 1. The molecule has 3 amide bonds. The van der Waals surface area contributed by atoms with Gasteiger partial charge in [0.2, 0.25) is 0 Å². The standard InChI is InChI=1S/C31H33FN6O5/c1-18(29(40)41)13-19-7-6-8-20(14-19)38-27(17-26(37-38)31(2,3)4)36-30(42)35-24-10-9-21(15-23(24)32)43-22-11-12-34-25(16-22)28(39)33-5/h6-12,14-18H,13H2,1-5H3,(H,33,39)(H,40,41)(H2,35,36,42). The van der Waals surface area contributed by atoms with Crippen LogP contribution < -0.4 is 20.7 Å². The van der Waals surface area contributed by atoms with E-state index in [1.54, 1.807) is 29.8 Å². The predicted molar refractivity (Wildman–Crippen MR) is 160 cm³/mol. The van der Waals surface area contributed by atoms with Crippen molar-refractivity contribution >= 4 is 29.4 Å². The van der Waals surface area contributed by atoms with Gasteiger partial charge in [-0.05, 0) is 42.3 Å². The number of anilines is 2. The van der Waals surface area contributed by atoms with E-state index < -0.39 is 29.6 Å². The van der Waals surface area contributed by atoms with Crippen molar-refractivity contribution in [2.45, 2.75) is 39.5 Å². The predicted octanol–water partition coefficient (Wildman–Crippen LogP) is 5.76. The fourth-order valence-corrected chi connectivity index (χ4v) is 4.08. The normalized spacial score (nSPS) is 11.9. The minimum Gasteiger partial charge on any atom is -0.481 e. The zero-order valence-corrected chi connectivity index (χ0v) is 24.4. The first-order valence-electron chi connectivity index (χ1n) is 13.5. The molecule has 224 valence electrons. The summed E-state index contributed by atoms with van der Waals surface area (Å²) in [5.74, 6) is -1.80. The van der Waals surface area contributed by atoms with Crippen molar-refractivity contribution in [2.24, 2.45) is 5.92 Å². The summed E-state index contributed by atoms with van der Waals surface area (Å²) in [5, 5.41) is 21.7. The highest BCUT2D eigenvalue weighted by atomic mass is 19.1. The van der Waals surface area contributed by atoms with Gasteiger partial charge in [0.25, 0.3) is 5.91 Å². The number of hydrogen-bond acceptors (Lipinski definition) is 6. The minimum atomic E-state index is -0.891. The highest BCUT2D eigenvalue weighted by Gasteiger charge is 2.22. The van der Waals surface area contributed by atoms with E-state index in [-0.39, 0.29) is 28.3 Å². The summed E-state index contributed by atoms with van der Waals surface area (Å²) in [7, 11) is 1.48. The largest absolute Gasteiger partial charge is 0.481 e. The van der Waals surface area contributed by atoms with Crippen LogP contribution in [-0.2, 0) is 16.6 Å². The van der Waals surface area contributed by atoms with Crippen molar-refractivity contribution in [3.63, 3.8) is 0 Å². The first-order chi connectivity index (χ1) is 20.3. The summed E-state index contributed by atoms with van der Waals surface area (Å²) in [6.07, 6.45) is 1.73. The summed E-state index contributed by atoms with van der Waals surface area (Å²) in [6, 6.07) is 15.2. The SMILES string of the molecule is CNC(=O)c1cc(Oc2ccc(NC(=O)Nc3cc(C(C)(C)C)nn3-c3cccc(CC(C)C(=O)O)c3)c(F)c2)ccn1. The molecular weight excluding hydrogens is 555 g/mol. The van der Waals surface area contributed by atoms with Crippen molar-refractivity contribution in [3.05, 3.63) is 89.6 Å². The molecular formula is C31H33FN6O5. The summed E-state index contributed by atoms with van der Waals surface area (Å²) in [6.45, 7) is 7.59. The summed E-state index contributed by atoms with van der Waals surface area (Å²) in [4.78, 5) is 40.1. The van der Waals surface area contributed by atoms with Crippen LogP contribution in [0.5, 0.6) is 11.5 Å². The van der Waals surface area contributed by atoms with Gasteiger partial charge in [-0.3, -0.25) is 19.9 Å². The summed E-state index contributed by atoms with van der Waals surface area (Å²) >= 11 is 0. The lowest BCUT2D eigenvalue weighted by molar-refractivity contribution is -0.141. The van der Waals surface area contributed by atoms with E-state index in [9.17, 15) is 23.9 Å². The number of ether oxygens (including phenoxy) is 1. The molecule has 0 radical (unpaired) electrons. The number of rotatable bonds is 9. The molecule has 0 spiro atoms. The molecule has 0 saturated heterocycles. The molecule has 2 aromatic carbocycles. The van der Waals surface area contributed by atoms with Crippen LogP contribution in [0, 0.1) is 11.7 Å². The number of amides is 3. The zero-order valence-electron chi connectivity index (χ0n) is 24.4. The molecule has 0 fully saturated rings. The Morgan fingerprint density at radius 1 is 1.02 bits per heavy atom. The van der Waals surface area contributed by atoms with Crippen LogP contribution in [0.1, 0.15) is 49.4 Å². The van der Waals surface area contributed by atoms with Gasteiger partial charge in [-0.15, -0.1) is 0 Å². The number of aromatic nitrogens is 3. The van der Waals surface area contributed by atoms with Crippen molar-refractivity contribution in [1.82, 2.24) is 20.1 Å². The molecule has 0 aliphatic heterocycles. The Balaban J connectivity index is 1.52. The zero-order chi connectivity index (χ0) is 31.3. The number of benzene rings is 2. The number of urea groups is 1. The van der Waals surface area contributed by atoms with E-state index in [4.69, 9.17) is 9.84 Å². The Morgan fingerprint density at radius 3 is 2.44 bits per heavy atom. The van der Waals surface area contributed by atoms with Gasteiger partial charge < -0.3 is 20.5 Å². The van der Waals surface area contributed by atoms with Crippen LogP contribution in [-0.4, -0.2) is 44.8 Å². The lowest BCUT2D eigenvalue weighted by atomic mass is 9.92. The van der Waals surface area contributed by atoms with Crippen LogP contribution in [0.3, 0.4) is 0 Å². The molecule has 4 N–H and O–H groups in total. The van der Waals surface area contributed by atoms with E-state index in [1.807, 2.05) is 32.9 Å². The fraction of sp³-hybridized carbons (Fsp3) is 0.258. The average Bonchev–Trinajstić information content (AvgIpc) is 3.38. The Hall–Kier alpha value is -5.26. The first-order valence-corrected chi connectivity index (χ1v) is 13.5. The number of nitrogens with one attached hydrogen (secondary N) is 3. The second-order valence-electron chi connectivity index (χ2n) is 11.0. The number of pyridine rings is 1. The molecule has 1 atom stereocenters. The Kier molecular flexibility index (Phi) is 9.08. The maximum absolute atomic E-state index is 15.0. The van der Waals surface area contributed by atoms with Crippen LogP contribution in [0.25, 0.3) is 5.69 Å². The number of hydrogen-bond donors (Lipinski definition) is 4. The number of nitrogens with zero attached hydrogens (tertiary/aromatic N) is 3. The van der Waals surface area contributed by atoms with Crippen LogP contribution >= 0.6 is 0 Å². The molecule has 4 aromatic rings. The van der Waals surface area contributed by atoms with Crippen molar-refractivity contribution < 1.29 is 28.6 Å². The van der Waals surface area contributed by atoms with Gasteiger partial charge >= 0.3 is 12.0 Å². The Labute approximate surface area is 248 Å². The van der Waals surface area contributed by atoms with Crippen molar-refractivity contribution in [2.75, 3.05) is 17.7 Å². The van der Waals surface area contributed by atoms with Gasteiger partial charge in [-0.1, -0.05) is 39.8 Å². The van der Waals surface area contributed by atoms with E-state index in [1.165, 1.54) is 37.5 Å². The number of aliphatic carboxylic acids is 1. The second kappa shape index (κ2) is 12.7. The van der Waals surface area contributed by atoms with Crippen LogP contribution in [0.15, 0.2) is 66.9 Å². The van der Waals surface area contributed by atoms with Crippen molar-refractivity contribution in [1.29, 1.82) is 0 Å². The third kappa shape index (κ3) is 7.73. The molecule has 0 aliphatic rings. The molecule has 2 heterocycles. The second-order valence-corrected chi connectivity index (χ2v) is 11.0. The highest BCUT2D eigenvalue weighted by Crippen LogP contribution is 2.29. The molecule has 43 heavy (non-hydrogen) atoms. The van der Waals surface area contributed by atoms with Gasteiger partial charge in [0.15, 0.2) is 0 Å². The van der Waals surface area contributed by atoms with E-state index in [0.29, 0.717) is 23.6 Å². The Bertz CT molecular complexity index is 1660. The molecule has 0 saturated carbocycles. The smallest absolute Gasteiger partial charge is 0.324 e. The van der Waals surface area contributed by atoms with Crippen molar-refractivity contribution in [3.8, 4) is 17.2 Å². The van der Waals surface area contributed by atoms with Crippen LogP contribution in [0.2, 0.25) is 0 Å². The number of carboxylic acid groups (broad SMARTS) is 1. The number of carbonyl (C=O) groups is 3. The molecule has 0 aliphatic carbocycles. The van der Waals surface area contributed by atoms with E-state index >= 15 is 0 Å². The van der Waals surface area contributed by atoms with Gasteiger partial charge in [0.1, 0.15) is 28.8 Å². The van der Waals surface area contributed by atoms with Gasteiger partial charge in [0, 0.05) is 36.9 Å². The summed E-state index contributed by atoms with van der Waals surface area (Å²) < 4.78 is 22.2. The lowest BCUT2D eigenvalue weighted by Gasteiger charge is -2.14. The molecule has 4 rings (SSSR count). The molecule has 12 heteroatoms. The fourth-order valence-electron chi connectivity index (χ4n) is 4.08. The highest BCUT2D eigenvalue weighted by molar-refractivity contribution is 5.99. The summed E-state index contributed by atoms with van der Waals surface area (Å²) in [5.41, 5.74) is 1.85. The maximum atomic E-state index is 15.0. The molecule has 0 bridgehead atoms. The molecule has 2 aromatic heterocycles. The molecule has 11 nitrogen and oxygen atoms in total. The number of halogens is 1. The third-order valence-electron chi connectivity index (χ3n) is 6.45. The quantitative estimate of drug-likeness (QED) is 0.194. The maximum Gasteiger partial charge on any atom is 0.324 e. The Morgan fingerprint density at radius 2 is 1.77 bits per heavy atom. The molecule has 1 unspecified atom stereocenters. The minimum absolute atomic E-state index is 0.0857. The lowest BCUT2D eigenvalue weighted by Crippen LogP contribution is -2.22. The first kappa shape index (κ1) is 30.7. The van der Waals surface area contributed by atoms with Gasteiger partial charge in [-0.25, -0.2) is 13.9 Å². The monoisotopic (exact) mass is 588 g/mol. The number of carbonyl (C=O) groups excluding carboxylic acids is 2.